The maximum atomic E-state index is 11.5. The van der Waals surface area contributed by atoms with E-state index in [9.17, 15) is 4.79 Å². The number of hydrogen-bond donors (Lipinski definition) is 0. The zero-order valence-corrected chi connectivity index (χ0v) is 8.63. The summed E-state index contributed by atoms with van der Waals surface area (Å²) in [7, 11) is 0. The second kappa shape index (κ2) is 3.91. The first-order valence-electron chi connectivity index (χ1n) is 4.82. The van der Waals surface area contributed by atoms with Crippen molar-refractivity contribution in [3.63, 3.8) is 0 Å². The molecular formula is C10H13ClO3. The Bertz CT molecular complexity index is 264. The summed E-state index contributed by atoms with van der Waals surface area (Å²) in [4.78, 5) is 11.5. The fourth-order valence-electron chi connectivity index (χ4n) is 1.89. The number of fused-ring (bicyclic) bond motifs is 1. The van der Waals surface area contributed by atoms with Crippen molar-refractivity contribution in [2.45, 2.75) is 31.5 Å². The van der Waals surface area contributed by atoms with E-state index in [0.717, 1.165) is 19.3 Å². The predicted octanol–water partition coefficient (Wildman–Crippen LogP) is 1.85. The molecule has 3 atom stereocenters. The summed E-state index contributed by atoms with van der Waals surface area (Å²) in [6, 6.07) is 0. The molecule has 1 aliphatic carbocycles. The van der Waals surface area contributed by atoms with Gasteiger partial charge in [0.25, 0.3) is 0 Å². The number of carbonyl (C=O) groups excluding carboxylic acids is 1. The van der Waals surface area contributed by atoms with E-state index >= 15 is 0 Å². The molecule has 0 N–H and O–H groups in total. The van der Waals surface area contributed by atoms with Crippen molar-refractivity contribution >= 4 is 17.6 Å². The SMILES string of the molecule is C=C(Cl)COC(=O)C1CCC2OC2C1. The number of epoxide rings is 1. The molecule has 4 heteroatoms. The largest absolute Gasteiger partial charge is 0.460 e. The lowest BCUT2D eigenvalue weighted by molar-refractivity contribution is -0.148. The first-order chi connectivity index (χ1) is 6.66. The van der Waals surface area contributed by atoms with Crippen molar-refractivity contribution in [2.75, 3.05) is 6.61 Å². The molecule has 2 rings (SSSR count). The van der Waals surface area contributed by atoms with Gasteiger partial charge in [-0.3, -0.25) is 4.79 Å². The quantitative estimate of drug-likeness (QED) is 0.534. The van der Waals surface area contributed by atoms with Crippen molar-refractivity contribution in [2.24, 2.45) is 5.92 Å². The van der Waals surface area contributed by atoms with Gasteiger partial charge >= 0.3 is 5.97 Å². The molecule has 3 nitrogen and oxygen atoms in total. The van der Waals surface area contributed by atoms with Gasteiger partial charge in [-0.05, 0) is 19.3 Å². The van der Waals surface area contributed by atoms with Crippen LogP contribution in [0.1, 0.15) is 19.3 Å². The lowest BCUT2D eigenvalue weighted by Crippen LogP contribution is -2.24. The number of hydrogen-bond acceptors (Lipinski definition) is 3. The zero-order valence-electron chi connectivity index (χ0n) is 7.87. The van der Waals surface area contributed by atoms with Crippen LogP contribution in [0.25, 0.3) is 0 Å². The Hall–Kier alpha value is -0.540. The number of halogens is 1. The molecule has 2 fully saturated rings. The average molecular weight is 217 g/mol. The third-order valence-electron chi connectivity index (χ3n) is 2.71. The number of esters is 1. The molecule has 3 unspecified atom stereocenters. The maximum absolute atomic E-state index is 11.5. The molecule has 0 amide bonds. The third-order valence-corrected chi connectivity index (χ3v) is 2.82. The highest BCUT2D eigenvalue weighted by molar-refractivity contribution is 6.29. The average Bonchev–Trinajstić information content (AvgIpc) is 2.91. The fraction of sp³-hybridized carbons (Fsp3) is 0.700. The summed E-state index contributed by atoms with van der Waals surface area (Å²) in [6.07, 6.45) is 3.38. The molecule has 0 aromatic heterocycles. The topological polar surface area (TPSA) is 38.8 Å². The predicted molar refractivity (Wildman–Crippen MR) is 52.0 cm³/mol. The molecule has 1 saturated carbocycles. The molecule has 1 heterocycles. The molecule has 14 heavy (non-hydrogen) atoms. The second-order valence-electron chi connectivity index (χ2n) is 3.85. The molecule has 1 aliphatic heterocycles. The molecule has 0 radical (unpaired) electrons. The van der Waals surface area contributed by atoms with E-state index in [-0.39, 0.29) is 18.5 Å². The second-order valence-corrected chi connectivity index (χ2v) is 4.38. The molecule has 0 bridgehead atoms. The van der Waals surface area contributed by atoms with Crippen LogP contribution < -0.4 is 0 Å². The summed E-state index contributed by atoms with van der Waals surface area (Å²) in [5.41, 5.74) is 0. The Morgan fingerprint density at radius 1 is 1.50 bits per heavy atom. The van der Waals surface area contributed by atoms with Gasteiger partial charge < -0.3 is 9.47 Å². The Morgan fingerprint density at radius 2 is 2.29 bits per heavy atom. The number of rotatable bonds is 3. The Kier molecular flexibility index (Phi) is 2.79. The molecule has 0 spiro atoms. The fourth-order valence-corrected chi connectivity index (χ4v) is 1.94. The minimum absolute atomic E-state index is 0.00485. The highest BCUT2D eigenvalue weighted by Crippen LogP contribution is 2.39. The normalized spacial score (nSPS) is 34.5. The van der Waals surface area contributed by atoms with Crippen LogP contribution >= 0.6 is 11.6 Å². The van der Waals surface area contributed by atoms with Crippen molar-refractivity contribution in [1.82, 2.24) is 0 Å². The third kappa shape index (κ3) is 2.28. The molecule has 1 saturated heterocycles. The van der Waals surface area contributed by atoms with Crippen LogP contribution in [0.2, 0.25) is 0 Å². The van der Waals surface area contributed by atoms with Crippen LogP contribution in [-0.4, -0.2) is 24.8 Å². The van der Waals surface area contributed by atoms with Gasteiger partial charge in [0.05, 0.1) is 18.1 Å². The summed E-state index contributed by atoms with van der Waals surface area (Å²) in [6.45, 7) is 3.58. The minimum Gasteiger partial charge on any atom is -0.460 e. The monoisotopic (exact) mass is 216 g/mol. The van der Waals surface area contributed by atoms with Gasteiger partial charge in [-0.15, -0.1) is 0 Å². The van der Waals surface area contributed by atoms with Gasteiger partial charge in [-0.1, -0.05) is 18.2 Å². The Labute approximate surface area is 88.0 Å². The molecule has 2 aliphatic rings. The maximum Gasteiger partial charge on any atom is 0.309 e. The van der Waals surface area contributed by atoms with Gasteiger partial charge in [-0.25, -0.2) is 0 Å². The molecule has 0 aromatic rings. The number of carbonyl (C=O) groups is 1. The molecular weight excluding hydrogens is 204 g/mol. The summed E-state index contributed by atoms with van der Waals surface area (Å²) >= 11 is 5.50. The minimum atomic E-state index is -0.166. The van der Waals surface area contributed by atoms with Gasteiger partial charge in [0.15, 0.2) is 0 Å². The van der Waals surface area contributed by atoms with E-state index in [1.165, 1.54) is 0 Å². The van der Waals surface area contributed by atoms with Gasteiger partial charge in [0.2, 0.25) is 0 Å². The van der Waals surface area contributed by atoms with E-state index in [1.807, 2.05) is 0 Å². The first-order valence-corrected chi connectivity index (χ1v) is 5.20. The summed E-state index contributed by atoms with van der Waals surface area (Å²) in [5.74, 6) is -0.171. The van der Waals surface area contributed by atoms with Crippen molar-refractivity contribution in [3.8, 4) is 0 Å². The van der Waals surface area contributed by atoms with Crippen molar-refractivity contribution < 1.29 is 14.3 Å². The van der Waals surface area contributed by atoms with Crippen LogP contribution in [0.4, 0.5) is 0 Å². The molecule has 78 valence electrons. The number of ether oxygens (including phenoxy) is 2. The highest BCUT2D eigenvalue weighted by Gasteiger charge is 2.46. The van der Waals surface area contributed by atoms with Crippen LogP contribution in [0.15, 0.2) is 11.6 Å². The van der Waals surface area contributed by atoms with Crippen LogP contribution in [-0.2, 0) is 14.3 Å². The molecule has 0 aromatic carbocycles. The van der Waals surface area contributed by atoms with Crippen LogP contribution in [0.3, 0.4) is 0 Å². The first kappa shape index (κ1) is 9.99. The van der Waals surface area contributed by atoms with E-state index in [2.05, 4.69) is 6.58 Å². The van der Waals surface area contributed by atoms with Crippen molar-refractivity contribution in [3.05, 3.63) is 11.6 Å². The standard InChI is InChI=1S/C10H13ClO3/c1-6(11)5-13-10(12)7-2-3-8-9(4-7)14-8/h7-9H,1-5H2. The zero-order chi connectivity index (χ0) is 10.1. The Morgan fingerprint density at radius 3 is 2.93 bits per heavy atom. The van der Waals surface area contributed by atoms with E-state index in [0.29, 0.717) is 17.2 Å². The van der Waals surface area contributed by atoms with E-state index < -0.39 is 0 Å². The summed E-state index contributed by atoms with van der Waals surface area (Å²) < 4.78 is 10.3. The Balaban J connectivity index is 1.76. The van der Waals surface area contributed by atoms with Gasteiger partial charge in [0.1, 0.15) is 6.61 Å². The van der Waals surface area contributed by atoms with E-state index in [4.69, 9.17) is 21.1 Å². The van der Waals surface area contributed by atoms with Gasteiger partial charge in [0, 0.05) is 5.03 Å². The van der Waals surface area contributed by atoms with Gasteiger partial charge in [-0.2, -0.15) is 0 Å². The lowest BCUT2D eigenvalue weighted by Gasteiger charge is -2.17. The van der Waals surface area contributed by atoms with E-state index in [1.54, 1.807) is 0 Å². The van der Waals surface area contributed by atoms with Crippen molar-refractivity contribution in [1.29, 1.82) is 0 Å². The smallest absolute Gasteiger partial charge is 0.309 e. The summed E-state index contributed by atoms with van der Waals surface area (Å²) in [5, 5.41) is 0.356. The highest BCUT2D eigenvalue weighted by atomic mass is 35.5. The lowest BCUT2D eigenvalue weighted by atomic mass is 9.89. The van der Waals surface area contributed by atoms with Crippen LogP contribution in [0.5, 0.6) is 0 Å². The van der Waals surface area contributed by atoms with Crippen LogP contribution in [0, 0.1) is 5.92 Å².